The normalized spacial score (nSPS) is 25.0. The van der Waals surface area contributed by atoms with Gasteiger partial charge in [0.25, 0.3) is 0 Å². The largest absolute Gasteiger partial charge is 0.343 e. The van der Waals surface area contributed by atoms with Gasteiger partial charge in [-0.25, -0.2) is 4.39 Å². The van der Waals surface area contributed by atoms with Crippen LogP contribution in [0.5, 0.6) is 0 Å². The summed E-state index contributed by atoms with van der Waals surface area (Å²) in [7, 11) is 5.62. The molecule has 2 aromatic carbocycles. The second kappa shape index (κ2) is 10.2. The summed E-state index contributed by atoms with van der Waals surface area (Å²) in [5.74, 6) is -1.93. The Hall–Kier alpha value is -2.19. The van der Waals surface area contributed by atoms with E-state index >= 15 is 4.39 Å². The van der Waals surface area contributed by atoms with Crippen molar-refractivity contribution in [2.24, 2.45) is 5.41 Å². The third-order valence-electron chi connectivity index (χ3n) is 7.46. The molecule has 0 saturated carbocycles. The van der Waals surface area contributed by atoms with Crippen LogP contribution in [0.2, 0.25) is 10.0 Å². The van der Waals surface area contributed by atoms with E-state index in [1.807, 2.05) is 25.1 Å². The van der Waals surface area contributed by atoms with Crippen molar-refractivity contribution < 1.29 is 14.0 Å². The molecule has 2 N–H and O–H groups in total. The van der Waals surface area contributed by atoms with Gasteiger partial charge in [-0.15, -0.1) is 0 Å². The molecule has 1 saturated heterocycles. The predicted molar refractivity (Wildman–Crippen MR) is 147 cm³/mol. The average molecular weight is 550 g/mol. The molecule has 0 aromatic heterocycles. The first-order chi connectivity index (χ1) is 17.3. The Morgan fingerprint density at radius 3 is 2.46 bits per heavy atom. The lowest BCUT2D eigenvalue weighted by Gasteiger charge is -2.38. The van der Waals surface area contributed by atoms with E-state index in [2.05, 4.69) is 31.4 Å². The molecule has 2 amide bonds. The van der Waals surface area contributed by atoms with Crippen molar-refractivity contribution >= 4 is 40.7 Å². The molecule has 0 aliphatic carbocycles. The first-order valence-corrected chi connectivity index (χ1v) is 13.2. The molecule has 6 nitrogen and oxygen atoms in total. The number of nitrogens with zero attached hydrogens (tertiary/aromatic N) is 2. The summed E-state index contributed by atoms with van der Waals surface area (Å²) in [5.41, 5.74) is 0.0982. The molecule has 2 aliphatic heterocycles. The van der Waals surface area contributed by atoms with E-state index in [1.165, 1.54) is 6.07 Å². The van der Waals surface area contributed by atoms with Crippen molar-refractivity contribution in [2.45, 2.75) is 50.6 Å². The molecule has 200 valence electrons. The van der Waals surface area contributed by atoms with Gasteiger partial charge in [-0.1, -0.05) is 62.2 Å². The van der Waals surface area contributed by atoms with Crippen LogP contribution in [-0.2, 0) is 15.0 Å². The van der Waals surface area contributed by atoms with Crippen LogP contribution >= 0.6 is 23.2 Å². The first-order valence-electron chi connectivity index (χ1n) is 12.5. The van der Waals surface area contributed by atoms with E-state index in [1.54, 1.807) is 36.2 Å². The molecular weight excluding hydrogens is 514 g/mol. The second-order valence-electron chi connectivity index (χ2n) is 11.7. The maximum atomic E-state index is 15.8. The van der Waals surface area contributed by atoms with E-state index in [9.17, 15) is 9.59 Å². The Bertz CT molecular complexity index is 1220. The highest BCUT2D eigenvalue weighted by atomic mass is 35.5. The standard InChI is InChI=1S/C28H35Cl2FN4O2/c1-27(2,3)15-21-28(18-11-10-16(29)14-20(18)32-26(28)37)22(17-8-7-9-19(30)23(17)31)24(33-21)25(36)35(6)13-12-34(4)5/h7-11,14,21-22,24,33H,12-13,15H2,1-6H3,(H,32,37)/t21-,22+,24-,28+/m1/s1. The van der Waals surface area contributed by atoms with Gasteiger partial charge in [0.2, 0.25) is 11.8 Å². The summed E-state index contributed by atoms with van der Waals surface area (Å²) in [6.07, 6.45) is 0.576. The third kappa shape index (κ3) is 4.99. The van der Waals surface area contributed by atoms with Gasteiger partial charge in [-0.2, -0.15) is 0 Å². The number of benzene rings is 2. The van der Waals surface area contributed by atoms with Gasteiger partial charge >= 0.3 is 0 Å². The van der Waals surface area contributed by atoms with Gasteiger partial charge in [0.05, 0.1) is 11.1 Å². The molecule has 0 bridgehead atoms. The fourth-order valence-corrected chi connectivity index (χ4v) is 6.19. The smallest absolute Gasteiger partial charge is 0.240 e. The maximum absolute atomic E-state index is 15.8. The molecule has 37 heavy (non-hydrogen) atoms. The highest BCUT2D eigenvalue weighted by Gasteiger charge is 2.66. The molecule has 4 rings (SSSR count). The summed E-state index contributed by atoms with van der Waals surface area (Å²) in [5, 5.41) is 6.96. The van der Waals surface area contributed by atoms with E-state index in [0.29, 0.717) is 35.8 Å². The minimum atomic E-state index is -1.25. The zero-order chi connectivity index (χ0) is 27.3. The Kier molecular flexibility index (Phi) is 7.65. The van der Waals surface area contributed by atoms with Crippen LogP contribution in [0.3, 0.4) is 0 Å². The lowest BCUT2D eigenvalue weighted by Crippen LogP contribution is -2.49. The summed E-state index contributed by atoms with van der Waals surface area (Å²) in [4.78, 5) is 31.8. The predicted octanol–water partition coefficient (Wildman–Crippen LogP) is 4.90. The number of hydrogen-bond donors (Lipinski definition) is 2. The zero-order valence-electron chi connectivity index (χ0n) is 22.2. The molecule has 2 aromatic rings. The monoisotopic (exact) mass is 548 g/mol. The van der Waals surface area contributed by atoms with Gasteiger partial charge in [-0.3, -0.25) is 9.59 Å². The van der Waals surface area contributed by atoms with Gasteiger partial charge in [0.15, 0.2) is 0 Å². The highest BCUT2D eigenvalue weighted by molar-refractivity contribution is 6.31. The molecule has 2 heterocycles. The van der Waals surface area contributed by atoms with Crippen molar-refractivity contribution in [2.75, 3.05) is 39.5 Å². The molecule has 0 unspecified atom stereocenters. The average Bonchev–Trinajstić information content (AvgIpc) is 3.27. The zero-order valence-corrected chi connectivity index (χ0v) is 23.7. The van der Waals surface area contributed by atoms with Crippen LogP contribution in [0.15, 0.2) is 36.4 Å². The van der Waals surface area contributed by atoms with Gasteiger partial charge in [-0.05, 0) is 55.3 Å². The van der Waals surface area contributed by atoms with Crippen molar-refractivity contribution in [1.82, 2.24) is 15.1 Å². The Balaban J connectivity index is 1.96. The lowest BCUT2D eigenvalue weighted by atomic mass is 9.62. The number of likely N-dealkylation sites (N-methyl/N-ethyl adjacent to an activating group) is 2. The number of amides is 2. The van der Waals surface area contributed by atoms with E-state index in [0.717, 1.165) is 0 Å². The van der Waals surface area contributed by atoms with Crippen LogP contribution in [-0.4, -0.2) is 67.9 Å². The van der Waals surface area contributed by atoms with Crippen LogP contribution < -0.4 is 10.6 Å². The number of hydrogen-bond acceptors (Lipinski definition) is 4. The van der Waals surface area contributed by atoms with Crippen LogP contribution in [0.4, 0.5) is 10.1 Å². The van der Waals surface area contributed by atoms with E-state index in [-0.39, 0.29) is 27.8 Å². The minimum Gasteiger partial charge on any atom is -0.343 e. The minimum absolute atomic E-state index is 0.0474. The van der Waals surface area contributed by atoms with Gasteiger partial charge in [0.1, 0.15) is 11.2 Å². The SMILES string of the molecule is CN(C)CCN(C)C(=O)[C@@H]1N[C@H](CC(C)(C)C)[C@]2(C(=O)Nc3cc(Cl)ccc32)[C@H]1c1cccc(Cl)c1F. The number of nitrogens with one attached hydrogen (secondary N) is 2. The van der Waals surface area contributed by atoms with Crippen LogP contribution in [0, 0.1) is 11.2 Å². The van der Waals surface area contributed by atoms with Crippen molar-refractivity contribution in [1.29, 1.82) is 0 Å². The Morgan fingerprint density at radius 2 is 1.81 bits per heavy atom. The fourth-order valence-electron chi connectivity index (χ4n) is 5.84. The third-order valence-corrected chi connectivity index (χ3v) is 7.99. The molecule has 4 atom stereocenters. The summed E-state index contributed by atoms with van der Waals surface area (Å²) in [6, 6.07) is 8.75. The van der Waals surface area contributed by atoms with Crippen molar-refractivity contribution in [3.63, 3.8) is 0 Å². The number of fused-ring (bicyclic) bond motifs is 2. The fraction of sp³-hybridized carbons (Fsp3) is 0.500. The quantitative estimate of drug-likeness (QED) is 0.538. The lowest BCUT2D eigenvalue weighted by molar-refractivity contribution is -0.132. The van der Waals surface area contributed by atoms with Gasteiger partial charge < -0.3 is 20.4 Å². The molecule has 0 radical (unpaired) electrons. The number of anilines is 1. The van der Waals surface area contributed by atoms with Crippen LogP contribution in [0.25, 0.3) is 0 Å². The maximum Gasteiger partial charge on any atom is 0.240 e. The van der Waals surface area contributed by atoms with E-state index < -0.39 is 29.2 Å². The summed E-state index contributed by atoms with van der Waals surface area (Å²) in [6.45, 7) is 7.43. The molecule has 1 fully saturated rings. The second-order valence-corrected chi connectivity index (χ2v) is 12.5. The van der Waals surface area contributed by atoms with E-state index in [4.69, 9.17) is 23.2 Å². The first kappa shape index (κ1) is 27.8. The number of rotatable bonds is 6. The molecule has 2 aliphatic rings. The molecule has 1 spiro atoms. The topological polar surface area (TPSA) is 64.7 Å². The highest BCUT2D eigenvalue weighted by Crippen LogP contribution is 2.57. The number of halogens is 3. The van der Waals surface area contributed by atoms with Crippen LogP contribution in [0.1, 0.15) is 44.2 Å². The Labute approximate surface area is 228 Å². The summed E-state index contributed by atoms with van der Waals surface area (Å²) < 4.78 is 15.8. The Morgan fingerprint density at radius 1 is 1.11 bits per heavy atom. The molecular formula is C28H35Cl2FN4O2. The summed E-state index contributed by atoms with van der Waals surface area (Å²) >= 11 is 12.5. The molecule has 9 heteroatoms. The number of carbonyl (C=O) groups excluding carboxylic acids is 2. The number of carbonyl (C=O) groups is 2. The van der Waals surface area contributed by atoms with Crippen molar-refractivity contribution in [3.05, 3.63) is 63.4 Å². The van der Waals surface area contributed by atoms with Crippen molar-refractivity contribution in [3.8, 4) is 0 Å². The van der Waals surface area contributed by atoms with Gasteiger partial charge in [0, 0.05) is 42.8 Å².